The summed E-state index contributed by atoms with van der Waals surface area (Å²) in [6.45, 7) is 4.24. The highest BCUT2D eigenvalue weighted by molar-refractivity contribution is 6.04. The van der Waals surface area contributed by atoms with Gasteiger partial charge in [0.1, 0.15) is 11.8 Å². The molecule has 0 aliphatic heterocycles. The van der Waals surface area contributed by atoms with Crippen molar-refractivity contribution in [2.45, 2.75) is 19.8 Å². The molecule has 0 saturated carbocycles. The van der Waals surface area contributed by atoms with E-state index in [4.69, 9.17) is 5.26 Å². The summed E-state index contributed by atoms with van der Waals surface area (Å²) >= 11 is 0. The first-order valence-corrected chi connectivity index (χ1v) is 6.37. The van der Waals surface area contributed by atoms with Crippen molar-refractivity contribution in [1.29, 1.82) is 5.26 Å². The van der Waals surface area contributed by atoms with Gasteiger partial charge in [-0.1, -0.05) is 26.0 Å². The molecule has 0 aliphatic rings. The highest BCUT2D eigenvalue weighted by Gasteiger charge is 2.07. The quantitative estimate of drug-likeness (QED) is 0.925. The third-order valence-corrected chi connectivity index (χ3v) is 2.97. The van der Waals surface area contributed by atoms with Crippen LogP contribution in [0, 0.1) is 11.3 Å². The second-order valence-electron chi connectivity index (χ2n) is 4.77. The summed E-state index contributed by atoms with van der Waals surface area (Å²) in [6.07, 6.45) is 1.45. The summed E-state index contributed by atoms with van der Waals surface area (Å²) in [5, 5.41) is 11.6. The topological polar surface area (TPSA) is 65.8 Å². The Labute approximate surface area is 118 Å². The maximum Gasteiger partial charge on any atom is 0.255 e. The van der Waals surface area contributed by atoms with Crippen molar-refractivity contribution in [1.82, 2.24) is 4.98 Å². The fraction of sp³-hybridized carbons (Fsp3) is 0.188. The highest BCUT2D eigenvalue weighted by atomic mass is 16.1. The van der Waals surface area contributed by atoms with Gasteiger partial charge in [-0.15, -0.1) is 0 Å². The van der Waals surface area contributed by atoms with Gasteiger partial charge < -0.3 is 5.32 Å². The van der Waals surface area contributed by atoms with Crippen LogP contribution in [0.3, 0.4) is 0 Å². The molecule has 2 rings (SSSR count). The molecular formula is C16H15N3O. The van der Waals surface area contributed by atoms with Crippen LogP contribution >= 0.6 is 0 Å². The molecule has 2 aromatic rings. The van der Waals surface area contributed by atoms with Gasteiger partial charge in [0.05, 0.1) is 0 Å². The molecule has 0 unspecified atom stereocenters. The lowest BCUT2D eigenvalue weighted by atomic mass is 10.0. The van der Waals surface area contributed by atoms with Crippen molar-refractivity contribution in [3.05, 3.63) is 59.4 Å². The molecule has 100 valence electrons. The number of nitriles is 1. The van der Waals surface area contributed by atoms with E-state index in [2.05, 4.69) is 24.1 Å². The second-order valence-corrected chi connectivity index (χ2v) is 4.77. The Kier molecular flexibility index (Phi) is 4.11. The van der Waals surface area contributed by atoms with E-state index in [0.717, 1.165) is 5.69 Å². The van der Waals surface area contributed by atoms with Gasteiger partial charge in [0, 0.05) is 17.4 Å². The predicted octanol–water partition coefficient (Wildman–Crippen LogP) is 3.33. The van der Waals surface area contributed by atoms with Crippen molar-refractivity contribution >= 4 is 11.6 Å². The number of carbonyl (C=O) groups excluding carboxylic acids is 1. The minimum Gasteiger partial charge on any atom is -0.322 e. The van der Waals surface area contributed by atoms with E-state index in [1.165, 1.54) is 17.8 Å². The Morgan fingerprint density at radius 1 is 1.25 bits per heavy atom. The van der Waals surface area contributed by atoms with E-state index in [1.54, 1.807) is 6.07 Å². The van der Waals surface area contributed by atoms with Crippen LogP contribution in [0.15, 0.2) is 42.6 Å². The zero-order valence-electron chi connectivity index (χ0n) is 11.4. The van der Waals surface area contributed by atoms with Gasteiger partial charge in [0.15, 0.2) is 0 Å². The van der Waals surface area contributed by atoms with Gasteiger partial charge >= 0.3 is 0 Å². The molecule has 1 N–H and O–H groups in total. The number of benzene rings is 1. The van der Waals surface area contributed by atoms with Crippen LogP contribution < -0.4 is 5.32 Å². The first-order valence-electron chi connectivity index (χ1n) is 6.37. The number of pyridine rings is 1. The normalized spacial score (nSPS) is 10.1. The van der Waals surface area contributed by atoms with Crippen LogP contribution in [0.2, 0.25) is 0 Å². The summed E-state index contributed by atoms with van der Waals surface area (Å²) in [5.41, 5.74) is 2.60. The van der Waals surface area contributed by atoms with Crippen molar-refractivity contribution in [2.75, 3.05) is 5.32 Å². The lowest BCUT2D eigenvalue weighted by Crippen LogP contribution is -2.12. The number of carbonyl (C=O) groups is 1. The maximum absolute atomic E-state index is 12.1. The van der Waals surface area contributed by atoms with Gasteiger partial charge in [0.2, 0.25) is 0 Å². The third-order valence-electron chi connectivity index (χ3n) is 2.97. The number of amides is 1. The molecule has 0 spiro atoms. The SMILES string of the molecule is CC(C)c1ccc(NC(=O)c2ccnc(C#N)c2)cc1. The molecule has 1 amide bonds. The molecule has 0 bridgehead atoms. The number of aromatic nitrogens is 1. The van der Waals surface area contributed by atoms with Crippen molar-refractivity contribution in [2.24, 2.45) is 0 Å². The number of anilines is 1. The van der Waals surface area contributed by atoms with Crippen molar-refractivity contribution in [3.63, 3.8) is 0 Å². The Morgan fingerprint density at radius 2 is 1.95 bits per heavy atom. The van der Waals surface area contributed by atoms with Crippen LogP contribution in [0.5, 0.6) is 0 Å². The molecular weight excluding hydrogens is 250 g/mol. The molecule has 0 atom stereocenters. The van der Waals surface area contributed by atoms with E-state index in [1.807, 2.05) is 30.3 Å². The smallest absolute Gasteiger partial charge is 0.255 e. The second kappa shape index (κ2) is 5.98. The van der Waals surface area contributed by atoms with Crippen LogP contribution in [0.1, 0.15) is 41.4 Å². The van der Waals surface area contributed by atoms with Crippen molar-refractivity contribution < 1.29 is 4.79 Å². The lowest BCUT2D eigenvalue weighted by molar-refractivity contribution is 0.102. The Hall–Kier alpha value is -2.67. The summed E-state index contributed by atoms with van der Waals surface area (Å²) in [6, 6.07) is 12.7. The van der Waals surface area contributed by atoms with E-state index >= 15 is 0 Å². The molecule has 1 aromatic heterocycles. The van der Waals surface area contributed by atoms with Crippen LogP contribution in [0.4, 0.5) is 5.69 Å². The monoisotopic (exact) mass is 265 g/mol. The number of rotatable bonds is 3. The molecule has 0 aliphatic carbocycles. The number of nitrogens with zero attached hydrogens (tertiary/aromatic N) is 2. The first-order chi connectivity index (χ1) is 9.60. The van der Waals surface area contributed by atoms with Crippen LogP contribution in [0.25, 0.3) is 0 Å². The number of nitrogens with one attached hydrogen (secondary N) is 1. The third kappa shape index (κ3) is 3.21. The molecule has 20 heavy (non-hydrogen) atoms. The van der Waals surface area contributed by atoms with E-state index < -0.39 is 0 Å². The zero-order valence-corrected chi connectivity index (χ0v) is 11.4. The fourth-order valence-corrected chi connectivity index (χ4v) is 1.79. The molecule has 1 aromatic carbocycles. The number of hydrogen-bond donors (Lipinski definition) is 1. The minimum absolute atomic E-state index is 0.229. The standard InChI is InChI=1S/C16H15N3O/c1-11(2)12-3-5-14(6-4-12)19-16(20)13-7-8-18-15(9-13)10-17/h3-9,11H,1-2H3,(H,19,20). The lowest BCUT2D eigenvalue weighted by Gasteiger charge is -2.08. The van der Waals surface area contributed by atoms with E-state index in [-0.39, 0.29) is 11.6 Å². The van der Waals surface area contributed by atoms with Crippen LogP contribution in [-0.4, -0.2) is 10.9 Å². The van der Waals surface area contributed by atoms with E-state index in [0.29, 0.717) is 11.5 Å². The van der Waals surface area contributed by atoms with Gasteiger partial charge in [-0.2, -0.15) is 5.26 Å². The summed E-state index contributed by atoms with van der Waals surface area (Å²) in [4.78, 5) is 15.9. The predicted molar refractivity (Wildman–Crippen MR) is 77.4 cm³/mol. The molecule has 4 heteroatoms. The van der Waals surface area contributed by atoms with Gasteiger partial charge in [-0.05, 0) is 35.7 Å². The molecule has 4 nitrogen and oxygen atoms in total. The Bertz CT molecular complexity index is 654. The largest absolute Gasteiger partial charge is 0.322 e. The van der Waals surface area contributed by atoms with Crippen molar-refractivity contribution in [3.8, 4) is 6.07 Å². The zero-order chi connectivity index (χ0) is 14.5. The molecule has 0 fully saturated rings. The molecule has 0 radical (unpaired) electrons. The molecule has 1 heterocycles. The fourth-order valence-electron chi connectivity index (χ4n) is 1.79. The van der Waals surface area contributed by atoms with Gasteiger partial charge in [-0.25, -0.2) is 4.98 Å². The average molecular weight is 265 g/mol. The van der Waals surface area contributed by atoms with Gasteiger partial charge in [-0.3, -0.25) is 4.79 Å². The van der Waals surface area contributed by atoms with Crippen LogP contribution in [-0.2, 0) is 0 Å². The first kappa shape index (κ1) is 13.8. The Balaban J connectivity index is 2.13. The van der Waals surface area contributed by atoms with E-state index in [9.17, 15) is 4.79 Å². The maximum atomic E-state index is 12.1. The highest BCUT2D eigenvalue weighted by Crippen LogP contribution is 2.17. The summed E-state index contributed by atoms with van der Waals surface area (Å²) < 4.78 is 0. The Morgan fingerprint density at radius 3 is 2.55 bits per heavy atom. The summed E-state index contributed by atoms with van der Waals surface area (Å²) in [5.74, 6) is 0.208. The average Bonchev–Trinajstić information content (AvgIpc) is 2.47. The van der Waals surface area contributed by atoms with Gasteiger partial charge in [0.25, 0.3) is 5.91 Å². The molecule has 0 saturated heterocycles. The minimum atomic E-state index is -0.249. The number of hydrogen-bond acceptors (Lipinski definition) is 3. The summed E-state index contributed by atoms with van der Waals surface area (Å²) in [7, 11) is 0.